The molecule has 1 rings (SSSR count). The normalized spacial score (nSPS) is 9.79. The van der Waals surface area contributed by atoms with Crippen LogP contribution < -0.4 is 10.6 Å². The van der Waals surface area contributed by atoms with Crippen molar-refractivity contribution in [1.82, 2.24) is 5.32 Å². The van der Waals surface area contributed by atoms with Crippen molar-refractivity contribution < 1.29 is 19.5 Å². The number of benzene rings is 1. The van der Waals surface area contributed by atoms with Crippen LogP contribution in [0, 0.1) is 0 Å². The third-order valence-electron chi connectivity index (χ3n) is 2.24. The number of aliphatic hydroxyl groups is 1. The first-order valence-corrected chi connectivity index (χ1v) is 5.81. The average molecular weight is 264 g/mol. The lowest BCUT2D eigenvalue weighted by Crippen LogP contribution is -2.26. The number of anilines is 1. The number of aliphatic hydroxyl groups excluding tert-OH is 1. The molecule has 0 atom stereocenters. The fourth-order valence-electron chi connectivity index (χ4n) is 1.41. The maximum Gasteiger partial charge on any atom is 0.251 e. The van der Waals surface area contributed by atoms with Crippen molar-refractivity contribution >= 4 is 23.3 Å². The van der Waals surface area contributed by atoms with Gasteiger partial charge in [0.1, 0.15) is 5.78 Å². The molecular formula is C13H16N2O4. The van der Waals surface area contributed by atoms with Crippen molar-refractivity contribution in [2.75, 3.05) is 18.5 Å². The van der Waals surface area contributed by atoms with Crippen molar-refractivity contribution in [3.63, 3.8) is 0 Å². The Morgan fingerprint density at radius 3 is 2.32 bits per heavy atom. The van der Waals surface area contributed by atoms with Crippen molar-refractivity contribution in [2.24, 2.45) is 0 Å². The molecule has 0 aliphatic rings. The molecule has 0 radical (unpaired) electrons. The Morgan fingerprint density at radius 2 is 1.79 bits per heavy atom. The molecule has 6 heteroatoms. The van der Waals surface area contributed by atoms with E-state index in [2.05, 4.69) is 10.6 Å². The highest BCUT2D eigenvalue weighted by Gasteiger charge is 2.07. The van der Waals surface area contributed by atoms with Gasteiger partial charge in [-0.05, 0) is 31.2 Å². The van der Waals surface area contributed by atoms with Crippen LogP contribution in [0.1, 0.15) is 23.7 Å². The largest absolute Gasteiger partial charge is 0.395 e. The Kier molecular flexibility index (Phi) is 5.69. The standard InChI is InChI=1S/C13H16N2O4/c1-9(17)8-12(18)15-11-4-2-10(3-5-11)13(19)14-6-7-16/h2-5,16H,6-8H2,1H3,(H,14,19)(H,15,18). The molecule has 0 saturated carbocycles. The van der Waals surface area contributed by atoms with E-state index in [1.165, 1.54) is 6.92 Å². The first-order chi connectivity index (χ1) is 9.02. The number of amides is 2. The number of carbonyl (C=O) groups is 3. The molecule has 6 nitrogen and oxygen atoms in total. The van der Waals surface area contributed by atoms with Crippen molar-refractivity contribution in [1.29, 1.82) is 0 Å². The quantitative estimate of drug-likeness (QED) is 0.645. The molecular weight excluding hydrogens is 248 g/mol. The zero-order valence-electron chi connectivity index (χ0n) is 10.6. The lowest BCUT2D eigenvalue weighted by atomic mass is 10.2. The van der Waals surface area contributed by atoms with Crippen LogP contribution in [0.4, 0.5) is 5.69 Å². The summed E-state index contributed by atoms with van der Waals surface area (Å²) in [5.74, 6) is -0.891. The number of carbonyl (C=O) groups excluding carboxylic acids is 3. The summed E-state index contributed by atoms with van der Waals surface area (Å²) in [6.07, 6.45) is -0.168. The summed E-state index contributed by atoms with van der Waals surface area (Å²) in [7, 11) is 0. The molecule has 0 heterocycles. The van der Waals surface area contributed by atoms with Gasteiger partial charge in [-0.3, -0.25) is 14.4 Å². The van der Waals surface area contributed by atoms with Crippen LogP contribution >= 0.6 is 0 Å². The first-order valence-electron chi connectivity index (χ1n) is 5.81. The van der Waals surface area contributed by atoms with Gasteiger partial charge in [0, 0.05) is 17.8 Å². The van der Waals surface area contributed by atoms with Crippen molar-refractivity contribution in [3.8, 4) is 0 Å². The predicted octanol–water partition coefficient (Wildman–Crippen LogP) is 0.326. The second kappa shape index (κ2) is 7.27. The third kappa shape index (κ3) is 5.31. The summed E-state index contributed by atoms with van der Waals surface area (Å²) >= 11 is 0. The maximum absolute atomic E-state index is 11.5. The number of hydrogen-bond acceptors (Lipinski definition) is 4. The smallest absolute Gasteiger partial charge is 0.251 e. The third-order valence-corrected chi connectivity index (χ3v) is 2.24. The van der Waals surface area contributed by atoms with Crippen LogP contribution in [-0.4, -0.2) is 35.9 Å². The van der Waals surface area contributed by atoms with Gasteiger partial charge < -0.3 is 15.7 Å². The maximum atomic E-state index is 11.5. The highest BCUT2D eigenvalue weighted by Crippen LogP contribution is 2.10. The lowest BCUT2D eigenvalue weighted by Gasteiger charge is -2.06. The fraction of sp³-hybridized carbons (Fsp3) is 0.308. The SMILES string of the molecule is CC(=O)CC(=O)Nc1ccc(C(=O)NCCO)cc1. The molecule has 2 amide bonds. The molecule has 0 unspecified atom stereocenters. The molecule has 0 fully saturated rings. The zero-order valence-corrected chi connectivity index (χ0v) is 10.6. The molecule has 0 bridgehead atoms. The zero-order chi connectivity index (χ0) is 14.3. The van der Waals surface area contributed by atoms with Crippen LogP contribution in [0.3, 0.4) is 0 Å². The van der Waals surface area contributed by atoms with E-state index >= 15 is 0 Å². The van der Waals surface area contributed by atoms with E-state index in [4.69, 9.17) is 5.11 Å². The molecule has 0 spiro atoms. The molecule has 19 heavy (non-hydrogen) atoms. The number of Topliss-reactive ketones (excluding diaryl/α,β-unsaturated/α-hetero) is 1. The molecule has 0 aliphatic carbocycles. The van der Waals surface area contributed by atoms with Gasteiger partial charge >= 0.3 is 0 Å². The van der Waals surface area contributed by atoms with Gasteiger partial charge in [-0.1, -0.05) is 0 Å². The average Bonchev–Trinajstić information content (AvgIpc) is 2.35. The van der Waals surface area contributed by atoms with Gasteiger partial charge in [-0.25, -0.2) is 0 Å². The minimum Gasteiger partial charge on any atom is -0.395 e. The molecule has 1 aromatic carbocycles. The molecule has 1 aromatic rings. The van der Waals surface area contributed by atoms with E-state index < -0.39 is 0 Å². The van der Waals surface area contributed by atoms with Gasteiger partial charge in [-0.2, -0.15) is 0 Å². The minimum atomic E-state index is -0.384. The second-order valence-corrected chi connectivity index (χ2v) is 3.98. The van der Waals surface area contributed by atoms with Crippen LogP contribution in [0.5, 0.6) is 0 Å². The topological polar surface area (TPSA) is 95.5 Å². The number of ketones is 1. The van der Waals surface area contributed by atoms with E-state index in [1.54, 1.807) is 24.3 Å². The Labute approximate surface area is 110 Å². The molecule has 0 aliphatic heterocycles. The van der Waals surface area contributed by atoms with Gasteiger partial charge in [0.05, 0.1) is 13.0 Å². The summed E-state index contributed by atoms with van der Waals surface area (Å²) in [5, 5.41) is 13.7. The summed E-state index contributed by atoms with van der Waals surface area (Å²) in [4.78, 5) is 33.6. The van der Waals surface area contributed by atoms with Gasteiger partial charge in [0.15, 0.2) is 0 Å². The Hall–Kier alpha value is -2.21. The molecule has 0 saturated heterocycles. The minimum absolute atomic E-state index is 0.120. The molecule has 0 aromatic heterocycles. The Balaban J connectivity index is 2.58. The highest BCUT2D eigenvalue weighted by molar-refractivity contribution is 6.03. The van der Waals surface area contributed by atoms with Crippen LogP contribution in [0.25, 0.3) is 0 Å². The van der Waals surface area contributed by atoms with E-state index in [9.17, 15) is 14.4 Å². The number of nitrogens with one attached hydrogen (secondary N) is 2. The van der Waals surface area contributed by atoms with Crippen molar-refractivity contribution in [3.05, 3.63) is 29.8 Å². The van der Waals surface area contributed by atoms with E-state index in [0.717, 1.165) is 0 Å². The van der Waals surface area contributed by atoms with Gasteiger partial charge in [-0.15, -0.1) is 0 Å². The van der Waals surface area contributed by atoms with Crippen LogP contribution in [-0.2, 0) is 9.59 Å². The lowest BCUT2D eigenvalue weighted by molar-refractivity contribution is -0.124. The summed E-state index contributed by atoms with van der Waals surface area (Å²) in [6.45, 7) is 1.41. The summed E-state index contributed by atoms with van der Waals surface area (Å²) in [5.41, 5.74) is 0.947. The number of hydrogen-bond donors (Lipinski definition) is 3. The van der Waals surface area contributed by atoms with E-state index in [1.807, 2.05) is 0 Å². The fourth-order valence-corrected chi connectivity index (χ4v) is 1.41. The first kappa shape index (κ1) is 14.8. The van der Waals surface area contributed by atoms with Crippen LogP contribution in [0.15, 0.2) is 24.3 Å². The van der Waals surface area contributed by atoms with Gasteiger partial charge in [0.25, 0.3) is 5.91 Å². The molecule has 3 N–H and O–H groups in total. The predicted molar refractivity (Wildman–Crippen MR) is 69.8 cm³/mol. The Bertz CT molecular complexity index is 468. The molecule has 102 valence electrons. The van der Waals surface area contributed by atoms with Gasteiger partial charge in [0.2, 0.25) is 5.91 Å². The summed E-state index contributed by atoms with van der Waals surface area (Å²) in [6, 6.07) is 6.25. The monoisotopic (exact) mass is 264 g/mol. The van der Waals surface area contributed by atoms with E-state index in [0.29, 0.717) is 11.3 Å². The highest BCUT2D eigenvalue weighted by atomic mass is 16.3. The number of rotatable bonds is 6. The second-order valence-electron chi connectivity index (χ2n) is 3.98. The van der Waals surface area contributed by atoms with Crippen molar-refractivity contribution in [2.45, 2.75) is 13.3 Å². The van der Waals surface area contributed by atoms with Crippen LogP contribution in [0.2, 0.25) is 0 Å². The summed E-state index contributed by atoms with van der Waals surface area (Å²) < 4.78 is 0. The Morgan fingerprint density at radius 1 is 1.16 bits per heavy atom. The van der Waals surface area contributed by atoms with E-state index in [-0.39, 0.29) is 37.2 Å².